The highest BCUT2D eigenvalue weighted by atomic mass is 16.5. The molecule has 0 fully saturated rings. The summed E-state index contributed by atoms with van der Waals surface area (Å²) in [4.78, 5) is 15.8. The zero-order chi connectivity index (χ0) is 16.2. The standard InChI is InChI=1S/C17H16N2O4/c1-21-13-8-11(10-15(20)22-2)9-14-16(13)19-17(23-14)18-12-6-4-3-5-7-12/h3-9H,10H2,1-2H3,(H,18,19). The molecule has 0 bridgehead atoms. The Morgan fingerprint density at radius 3 is 2.70 bits per heavy atom. The molecule has 6 heteroatoms. The van der Waals surface area contributed by atoms with Crippen LogP contribution in [0.25, 0.3) is 11.1 Å². The summed E-state index contributed by atoms with van der Waals surface area (Å²) in [5.41, 5.74) is 2.75. The van der Waals surface area contributed by atoms with E-state index in [1.807, 2.05) is 30.3 Å². The monoisotopic (exact) mass is 312 g/mol. The number of benzene rings is 2. The quantitative estimate of drug-likeness (QED) is 0.729. The number of nitrogens with zero attached hydrogens (tertiary/aromatic N) is 1. The molecule has 0 spiro atoms. The largest absolute Gasteiger partial charge is 0.494 e. The summed E-state index contributed by atoms with van der Waals surface area (Å²) < 4.78 is 15.7. The van der Waals surface area contributed by atoms with Crippen LogP contribution in [0.4, 0.5) is 11.7 Å². The summed E-state index contributed by atoms with van der Waals surface area (Å²) in [5, 5.41) is 3.09. The molecule has 1 aromatic heterocycles. The molecule has 118 valence electrons. The number of carbonyl (C=O) groups excluding carboxylic acids is 1. The second-order valence-electron chi connectivity index (χ2n) is 4.91. The summed E-state index contributed by atoms with van der Waals surface area (Å²) in [6.45, 7) is 0. The Bertz CT molecular complexity index is 827. The molecule has 0 aliphatic heterocycles. The lowest BCUT2D eigenvalue weighted by Gasteiger charge is -2.04. The molecule has 6 nitrogen and oxygen atoms in total. The average molecular weight is 312 g/mol. The van der Waals surface area contributed by atoms with E-state index in [4.69, 9.17) is 9.15 Å². The highest BCUT2D eigenvalue weighted by molar-refractivity contribution is 5.84. The maximum absolute atomic E-state index is 11.4. The number of hydrogen-bond donors (Lipinski definition) is 1. The van der Waals surface area contributed by atoms with E-state index in [0.717, 1.165) is 11.3 Å². The van der Waals surface area contributed by atoms with E-state index >= 15 is 0 Å². The van der Waals surface area contributed by atoms with Crippen molar-refractivity contribution in [2.75, 3.05) is 19.5 Å². The van der Waals surface area contributed by atoms with Crippen molar-refractivity contribution in [3.05, 3.63) is 48.0 Å². The van der Waals surface area contributed by atoms with Crippen LogP contribution in [0.1, 0.15) is 5.56 Å². The van der Waals surface area contributed by atoms with Gasteiger partial charge in [0.25, 0.3) is 6.01 Å². The summed E-state index contributed by atoms with van der Waals surface area (Å²) >= 11 is 0. The van der Waals surface area contributed by atoms with Gasteiger partial charge in [0.2, 0.25) is 0 Å². The first-order valence-electron chi connectivity index (χ1n) is 7.06. The number of fused-ring (bicyclic) bond motifs is 1. The van der Waals surface area contributed by atoms with Crippen molar-refractivity contribution in [3.63, 3.8) is 0 Å². The van der Waals surface area contributed by atoms with Crippen LogP contribution in [0, 0.1) is 0 Å². The molecule has 0 saturated carbocycles. The van der Waals surface area contributed by atoms with Crippen LogP contribution in [-0.2, 0) is 16.0 Å². The molecule has 3 rings (SSSR count). The third-order valence-electron chi connectivity index (χ3n) is 3.34. The van der Waals surface area contributed by atoms with Crippen molar-refractivity contribution in [1.82, 2.24) is 4.98 Å². The second kappa shape index (κ2) is 6.39. The fourth-order valence-electron chi connectivity index (χ4n) is 2.25. The molecule has 2 aromatic carbocycles. The number of anilines is 2. The van der Waals surface area contributed by atoms with Crippen LogP contribution in [0.15, 0.2) is 46.9 Å². The number of para-hydroxylation sites is 1. The predicted octanol–water partition coefficient (Wildman–Crippen LogP) is 3.30. The molecule has 0 saturated heterocycles. The topological polar surface area (TPSA) is 73.6 Å². The van der Waals surface area contributed by atoms with E-state index in [-0.39, 0.29) is 12.4 Å². The van der Waals surface area contributed by atoms with E-state index in [0.29, 0.717) is 22.9 Å². The van der Waals surface area contributed by atoms with Crippen molar-refractivity contribution < 1.29 is 18.7 Å². The second-order valence-corrected chi connectivity index (χ2v) is 4.91. The van der Waals surface area contributed by atoms with Gasteiger partial charge < -0.3 is 19.2 Å². The lowest BCUT2D eigenvalue weighted by molar-refractivity contribution is -0.139. The van der Waals surface area contributed by atoms with Crippen molar-refractivity contribution in [2.24, 2.45) is 0 Å². The van der Waals surface area contributed by atoms with Crippen LogP contribution in [0.2, 0.25) is 0 Å². The Kier molecular flexibility index (Phi) is 4.14. The van der Waals surface area contributed by atoms with E-state index in [9.17, 15) is 4.79 Å². The van der Waals surface area contributed by atoms with Gasteiger partial charge in [0.1, 0.15) is 5.75 Å². The maximum atomic E-state index is 11.4. The Morgan fingerprint density at radius 2 is 2.00 bits per heavy atom. The molecule has 0 radical (unpaired) electrons. The third-order valence-corrected chi connectivity index (χ3v) is 3.34. The van der Waals surface area contributed by atoms with E-state index in [2.05, 4.69) is 15.0 Å². The highest BCUT2D eigenvalue weighted by Gasteiger charge is 2.14. The van der Waals surface area contributed by atoms with Gasteiger partial charge >= 0.3 is 5.97 Å². The molecule has 23 heavy (non-hydrogen) atoms. The number of rotatable bonds is 5. The molecule has 3 aromatic rings. The van der Waals surface area contributed by atoms with Gasteiger partial charge in [-0.25, -0.2) is 0 Å². The normalized spacial score (nSPS) is 10.5. The lowest BCUT2D eigenvalue weighted by Crippen LogP contribution is -2.04. The summed E-state index contributed by atoms with van der Waals surface area (Å²) in [7, 11) is 2.91. The fraction of sp³-hybridized carbons (Fsp3) is 0.176. The van der Waals surface area contributed by atoms with Crippen LogP contribution < -0.4 is 10.1 Å². The Labute approximate surface area is 133 Å². The number of ether oxygens (including phenoxy) is 2. The van der Waals surface area contributed by atoms with Gasteiger partial charge in [0.15, 0.2) is 11.1 Å². The molecule has 0 aliphatic carbocycles. The van der Waals surface area contributed by atoms with Gasteiger partial charge in [0, 0.05) is 5.69 Å². The van der Waals surface area contributed by atoms with Gasteiger partial charge in [-0.05, 0) is 29.8 Å². The zero-order valence-electron chi connectivity index (χ0n) is 12.8. The van der Waals surface area contributed by atoms with Crippen LogP contribution in [0.3, 0.4) is 0 Å². The number of esters is 1. The molecular formula is C17H16N2O4. The molecule has 0 atom stereocenters. The first-order valence-corrected chi connectivity index (χ1v) is 7.06. The summed E-state index contributed by atoms with van der Waals surface area (Å²) in [5.74, 6) is 0.222. The maximum Gasteiger partial charge on any atom is 0.309 e. The van der Waals surface area contributed by atoms with Gasteiger partial charge in [-0.3, -0.25) is 4.79 Å². The van der Waals surface area contributed by atoms with E-state index in [1.165, 1.54) is 7.11 Å². The van der Waals surface area contributed by atoms with Crippen molar-refractivity contribution in [3.8, 4) is 5.75 Å². The molecule has 0 aliphatic rings. The van der Waals surface area contributed by atoms with Crippen LogP contribution in [0.5, 0.6) is 5.75 Å². The summed E-state index contributed by atoms with van der Waals surface area (Å²) in [6, 6.07) is 13.5. The fourth-order valence-corrected chi connectivity index (χ4v) is 2.25. The van der Waals surface area contributed by atoms with Gasteiger partial charge in [-0.2, -0.15) is 4.98 Å². The number of oxazole rings is 1. The molecular weight excluding hydrogens is 296 g/mol. The number of methoxy groups -OCH3 is 2. The molecule has 1 N–H and O–H groups in total. The minimum Gasteiger partial charge on any atom is -0.494 e. The van der Waals surface area contributed by atoms with Gasteiger partial charge in [0.05, 0.1) is 20.6 Å². The van der Waals surface area contributed by atoms with Crippen LogP contribution in [-0.4, -0.2) is 25.2 Å². The minimum atomic E-state index is -0.325. The number of hydrogen-bond acceptors (Lipinski definition) is 6. The van der Waals surface area contributed by atoms with E-state index < -0.39 is 0 Å². The first-order chi connectivity index (χ1) is 11.2. The molecule has 0 amide bonds. The molecule has 1 heterocycles. The summed E-state index contributed by atoms with van der Waals surface area (Å²) in [6.07, 6.45) is 0.144. The van der Waals surface area contributed by atoms with E-state index in [1.54, 1.807) is 19.2 Å². The average Bonchev–Trinajstić information content (AvgIpc) is 2.97. The van der Waals surface area contributed by atoms with Crippen molar-refractivity contribution in [2.45, 2.75) is 6.42 Å². The van der Waals surface area contributed by atoms with Crippen molar-refractivity contribution in [1.29, 1.82) is 0 Å². The molecule has 0 unspecified atom stereocenters. The highest BCUT2D eigenvalue weighted by Crippen LogP contribution is 2.30. The van der Waals surface area contributed by atoms with Crippen molar-refractivity contribution >= 4 is 28.8 Å². The van der Waals surface area contributed by atoms with Gasteiger partial charge in [-0.15, -0.1) is 0 Å². The number of carbonyl (C=O) groups is 1. The lowest BCUT2D eigenvalue weighted by atomic mass is 10.1. The first kappa shape index (κ1) is 14.9. The van der Waals surface area contributed by atoms with Gasteiger partial charge in [-0.1, -0.05) is 18.2 Å². The number of nitrogens with one attached hydrogen (secondary N) is 1. The zero-order valence-corrected chi connectivity index (χ0v) is 12.8. The SMILES string of the molecule is COC(=O)Cc1cc(OC)c2nc(Nc3ccccc3)oc2c1. The van der Waals surface area contributed by atoms with Crippen LogP contribution >= 0.6 is 0 Å². The predicted molar refractivity (Wildman–Crippen MR) is 86.0 cm³/mol. The Hall–Kier alpha value is -3.02. The number of aromatic nitrogens is 1. The minimum absolute atomic E-state index is 0.144. The Morgan fingerprint density at radius 1 is 1.22 bits per heavy atom. The smallest absolute Gasteiger partial charge is 0.309 e. The Balaban J connectivity index is 1.96. The third kappa shape index (κ3) is 3.26.